The van der Waals surface area contributed by atoms with E-state index in [0.29, 0.717) is 30.0 Å². The fraction of sp³-hybridized carbons (Fsp3) is 0.381. The quantitative estimate of drug-likeness (QED) is 0.640. The maximum absolute atomic E-state index is 13.8. The molecule has 0 radical (unpaired) electrons. The lowest BCUT2D eigenvalue weighted by molar-refractivity contribution is 0.0498. The second-order valence-electron chi connectivity index (χ2n) is 7.69. The zero-order chi connectivity index (χ0) is 21.6. The number of aryl methyl sites for hydroxylation is 2. The van der Waals surface area contributed by atoms with Gasteiger partial charge in [0.1, 0.15) is 5.56 Å². The standard InChI is InChI=1S/C21H24FN5O3/c1-12-8-13(2)27(23-12)15-10-26(11-15)21(28)18-19(30-24-20(18)25(3)4)14-6-7-16(22)17(9-14)29-5/h6-9,15H,10-11H2,1-5H3. The Kier molecular flexibility index (Phi) is 4.97. The van der Waals surface area contributed by atoms with Gasteiger partial charge in [0.2, 0.25) is 0 Å². The molecule has 4 rings (SSSR count). The third-order valence-corrected chi connectivity index (χ3v) is 5.26. The molecule has 0 saturated carbocycles. The lowest BCUT2D eigenvalue weighted by Gasteiger charge is -2.39. The summed E-state index contributed by atoms with van der Waals surface area (Å²) < 4.78 is 26.4. The van der Waals surface area contributed by atoms with E-state index >= 15 is 0 Å². The van der Waals surface area contributed by atoms with Crippen molar-refractivity contribution < 1.29 is 18.4 Å². The molecule has 0 atom stereocenters. The summed E-state index contributed by atoms with van der Waals surface area (Å²) in [6, 6.07) is 6.49. The van der Waals surface area contributed by atoms with Gasteiger partial charge in [0.15, 0.2) is 23.1 Å². The highest BCUT2D eigenvalue weighted by atomic mass is 19.1. The maximum Gasteiger partial charge on any atom is 0.261 e. The topological polar surface area (TPSA) is 76.6 Å². The van der Waals surface area contributed by atoms with E-state index in [9.17, 15) is 9.18 Å². The van der Waals surface area contributed by atoms with Crippen LogP contribution in [0.25, 0.3) is 11.3 Å². The molecular weight excluding hydrogens is 389 g/mol. The van der Waals surface area contributed by atoms with E-state index in [2.05, 4.69) is 10.3 Å². The average Bonchev–Trinajstić information content (AvgIpc) is 3.24. The third kappa shape index (κ3) is 3.30. The number of methoxy groups -OCH3 is 1. The summed E-state index contributed by atoms with van der Waals surface area (Å²) in [6.45, 7) is 5.06. The minimum absolute atomic E-state index is 0.0715. The molecule has 9 heteroatoms. The molecule has 0 aliphatic carbocycles. The molecule has 8 nitrogen and oxygen atoms in total. The van der Waals surface area contributed by atoms with Crippen LogP contribution >= 0.6 is 0 Å². The minimum atomic E-state index is -0.489. The van der Waals surface area contributed by atoms with E-state index < -0.39 is 5.82 Å². The van der Waals surface area contributed by atoms with Crippen molar-refractivity contribution in [1.29, 1.82) is 0 Å². The lowest BCUT2D eigenvalue weighted by Crippen LogP contribution is -2.51. The zero-order valence-electron chi connectivity index (χ0n) is 17.6. The van der Waals surface area contributed by atoms with Crippen LogP contribution < -0.4 is 9.64 Å². The number of benzene rings is 1. The van der Waals surface area contributed by atoms with Gasteiger partial charge in [-0.3, -0.25) is 9.48 Å². The van der Waals surface area contributed by atoms with E-state index in [1.165, 1.54) is 19.2 Å². The number of halogens is 1. The van der Waals surface area contributed by atoms with Crippen LogP contribution in [0.1, 0.15) is 27.8 Å². The monoisotopic (exact) mass is 413 g/mol. The molecule has 158 valence electrons. The van der Waals surface area contributed by atoms with Gasteiger partial charge in [-0.05, 0) is 38.1 Å². The van der Waals surface area contributed by atoms with Crippen molar-refractivity contribution in [3.63, 3.8) is 0 Å². The molecule has 3 heterocycles. The van der Waals surface area contributed by atoms with E-state index in [1.807, 2.05) is 24.6 Å². The SMILES string of the molecule is COc1cc(-c2onc(N(C)C)c2C(=O)N2CC(n3nc(C)cc3C)C2)ccc1F. The molecule has 1 saturated heterocycles. The summed E-state index contributed by atoms with van der Waals surface area (Å²) in [5, 5.41) is 8.59. The van der Waals surface area contributed by atoms with Crippen molar-refractivity contribution >= 4 is 11.7 Å². The molecule has 1 fully saturated rings. The Bertz CT molecular complexity index is 1100. The molecule has 1 aliphatic rings. The molecule has 0 spiro atoms. The number of carbonyl (C=O) groups excluding carboxylic acids is 1. The van der Waals surface area contributed by atoms with Crippen molar-refractivity contribution in [3.05, 3.63) is 47.0 Å². The molecule has 1 amide bonds. The molecule has 2 aromatic heterocycles. The highest BCUT2D eigenvalue weighted by molar-refractivity contribution is 6.04. The number of ether oxygens (including phenoxy) is 1. The van der Waals surface area contributed by atoms with Crippen molar-refractivity contribution in [2.45, 2.75) is 19.9 Å². The Morgan fingerprint density at radius 2 is 2.00 bits per heavy atom. The number of rotatable bonds is 5. The normalized spacial score (nSPS) is 14.0. The van der Waals surface area contributed by atoms with Gasteiger partial charge in [-0.15, -0.1) is 0 Å². The minimum Gasteiger partial charge on any atom is -0.494 e. The molecule has 1 aliphatic heterocycles. The van der Waals surface area contributed by atoms with E-state index in [4.69, 9.17) is 9.26 Å². The van der Waals surface area contributed by atoms with Crippen LogP contribution in [0.3, 0.4) is 0 Å². The third-order valence-electron chi connectivity index (χ3n) is 5.26. The number of anilines is 1. The number of carbonyl (C=O) groups is 1. The van der Waals surface area contributed by atoms with Gasteiger partial charge in [-0.2, -0.15) is 5.10 Å². The summed E-state index contributed by atoms with van der Waals surface area (Å²) in [5.41, 5.74) is 2.90. The highest BCUT2D eigenvalue weighted by Gasteiger charge is 2.38. The second-order valence-corrected chi connectivity index (χ2v) is 7.69. The first-order valence-electron chi connectivity index (χ1n) is 9.63. The van der Waals surface area contributed by atoms with Gasteiger partial charge in [0.05, 0.1) is 18.8 Å². The number of likely N-dealkylation sites (tertiary alicyclic amines) is 1. The van der Waals surface area contributed by atoms with Gasteiger partial charge >= 0.3 is 0 Å². The zero-order valence-corrected chi connectivity index (χ0v) is 17.6. The molecule has 0 unspecified atom stereocenters. The first-order chi connectivity index (χ1) is 14.3. The lowest BCUT2D eigenvalue weighted by atomic mass is 10.0. The number of nitrogens with zero attached hydrogens (tertiary/aromatic N) is 5. The Morgan fingerprint density at radius 1 is 1.27 bits per heavy atom. The molecule has 30 heavy (non-hydrogen) atoms. The molecular formula is C21H24FN5O3. The highest BCUT2D eigenvalue weighted by Crippen LogP contribution is 2.36. The average molecular weight is 413 g/mol. The van der Waals surface area contributed by atoms with Crippen molar-refractivity contribution in [2.24, 2.45) is 0 Å². The Labute approximate surface area is 173 Å². The molecule has 3 aromatic rings. The van der Waals surface area contributed by atoms with Gasteiger partial charge in [0, 0.05) is 38.4 Å². The number of hydrogen-bond acceptors (Lipinski definition) is 6. The summed E-state index contributed by atoms with van der Waals surface area (Å²) in [5.74, 6) is 0.111. The second kappa shape index (κ2) is 7.47. The largest absolute Gasteiger partial charge is 0.494 e. The van der Waals surface area contributed by atoms with Gasteiger partial charge in [-0.25, -0.2) is 4.39 Å². The fourth-order valence-electron chi connectivity index (χ4n) is 3.73. The summed E-state index contributed by atoms with van der Waals surface area (Å²) in [6.07, 6.45) is 0. The smallest absolute Gasteiger partial charge is 0.261 e. The van der Waals surface area contributed by atoms with E-state index in [1.54, 1.807) is 30.0 Å². The molecule has 0 N–H and O–H groups in total. The maximum atomic E-state index is 13.8. The first kappa shape index (κ1) is 19.9. The van der Waals surface area contributed by atoms with E-state index in [-0.39, 0.29) is 23.5 Å². The van der Waals surface area contributed by atoms with E-state index in [0.717, 1.165) is 11.4 Å². The summed E-state index contributed by atoms with van der Waals surface area (Å²) in [7, 11) is 4.97. The Morgan fingerprint density at radius 3 is 2.60 bits per heavy atom. The predicted octanol–water partition coefficient (Wildman–Crippen LogP) is 3.07. The predicted molar refractivity (Wildman–Crippen MR) is 109 cm³/mol. The van der Waals surface area contributed by atoms with Crippen molar-refractivity contribution in [3.8, 4) is 17.1 Å². The van der Waals surface area contributed by atoms with Crippen LogP contribution in [0.4, 0.5) is 10.2 Å². The van der Waals surface area contributed by atoms with Gasteiger partial charge in [-0.1, -0.05) is 5.16 Å². The van der Waals surface area contributed by atoms with Crippen LogP contribution in [0.2, 0.25) is 0 Å². The summed E-state index contributed by atoms with van der Waals surface area (Å²) >= 11 is 0. The Hall–Kier alpha value is -3.36. The van der Waals surface area contributed by atoms with Crippen LogP contribution in [-0.4, -0.2) is 60.0 Å². The Balaban J connectivity index is 1.64. The first-order valence-corrected chi connectivity index (χ1v) is 9.63. The van der Waals surface area contributed by atoms with Crippen LogP contribution in [0, 0.1) is 19.7 Å². The van der Waals surface area contributed by atoms with Crippen molar-refractivity contribution in [2.75, 3.05) is 39.2 Å². The number of hydrogen-bond donors (Lipinski definition) is 0. The number of aromatic nitrogens is 3. The van der Waals surface area contributed by atoms with Crippen LogP contribution in [0.5, 0.6) is 5.75 Å². The fourth-order valence-corrected chi connectivity index (χ4v) is 3.73. The molecule has 0 bridgehead atoms. The molecule has 1 aromatic carbocycles. The van der Waals surface area contributed by atoms with Crippen LogP contribution in [0.15, 0.2) is 28.8 Å². The van der Waals surface area contributed by atoms with Crippen molar-refractivity contribution in [1.82, 2.24) is 19.8 Å². The summed E-state index contributed by atoms with van der Waals surface area (Å²) in [4.78, 5) is 16.8. The van der Waals surface area contributed by atoms with Crippen LogP contribution in [-0.2, 0) is 0 Å². The number of amides is 1. The van der Waals surface area contributed by atoms with Gasteiger partial charge in [0.25, 0.3) is 5.91 Å². The van der Waals surface area contributed by atoms with Gasteiger partial charge < -0.3 is 19.1 Å².